The van der Waals surface area contributed by atoms with Gasteiger partial charge in [0, 0.05) is 34.8 Å². The maximum absolute atomic E-state index is 11.9. The summed E-state index contributed by atoms with van der Waals surface area (Å²) >= 11 is 5.66. The maximum Gasteiger partial charge on any atom is 0.225 e. The van der Waals surface area contributed by atoms with Crippen molar-refractivity contribution in [2.24, 2.45) is 0 Å². The predicted octanol–water partition coefficient (Wildman–Crippen LogP) is 5.20. The Balaban J connectivity index is 1.84. The molecular weight excluding hydrogens is 496 g/mol. The van der Waals surface area contributed by atoms with Crippen molar-refractivity contribution in [2.45, 2.75) is 6.42 Å². The van der Waals surface area contributed by atoms with Gasteiger partial charge in [0.05, 0.1) is 28.4 Å². The molecule has 0 radical (unpaired) electrons. The summed E-state index contributed by atoms with van der Waals surface area (Å²) in [6, 6.07) is 18.6. The molecule has 1 amide bonds. The van der Waals surface area contributed by atoms with Crippen LogP contribution in [0.5, 0.6) is 23.0 Å². The minimum Gasteiger partial charge on any atom is -0.497 e. The topological polar surface area (TPSA) is 96.7 Å². The summed E-state index contributed by atoms with van der Waals surface area (Å²) in [4.78, 5) is 11.9. The molecule has 1 heterocycles. The molecule has 3 aromatic carbocycles. The number of carbonyl (C=O) groups excluding carboxylic acids is 1. The molecule has 10 heteroatoms. The Kier molecular flexibility index (Phi) is 8.15. The Hall–Kier alpha value is -4.24. The van der Waals surface area contributed by atoms with Crippen molar-refractivity contribution >= 4 is 23.2 Å². The first-order chi connectivity index (χ1) is 18.0. The van der Waals surface area contributed by atoms with Gasteiger partial charge in [0.15, 0.2) is 23.1 Å². The SMILES string of the molecule is COc1ccc(-n2c(-c3ccc(NC(=O)CCCl)cc3)nnc2-c2cc(OC)c(OC)c(OC)c2)cc1. The number of halogens is 1. The van der Waals surface area contributed by atoms with Gasteiger partial charge in [-0.05, 0) is 60.7 Å². The number of alkyl halides is 1. The lowest BCUT2D eigenvalue weighted by Gasteiger charge is -2.15. The number of rotatable bonds is 10. The number of nitrogens with zero attached hydrogens (tertiary/aromatic N) is 3. The molecule has 9 nitrogen and oxygen atoms in total. The summed E-state index contributed by atoms with van der Waals surface area (Å²) < 4.78 is 23.8. The second-order valence-electron chi connectivity index (χ2n) is 7.86. The second-order valence-corrected chi connectivity index (χ2v) is 8.24. The van der Waals surface area contributed by atoms with Gasteiger partial charge in [-0.25, -0.2) is 0 Å². The Morgan fingerprint density at radius 3 is 1.92 bits per heavy atom. The van der Waals surface area contributed by atoms with Gasteiger partial charge in [0.1, 0.15) is 5.75 Å². The van der Waals surface area contributed by atoms with Crippen molar-refractivity contribution in [3.05, 3.63) is 60.7 Å². The average molecular weight is 523 g/mol. The number of carbonyl (C=O) groups is 1. The van der Waals surface area contributed by atoms with Crippen LogP contribution in [-0.4, -0.2) is 55.0 Å². The van der Waals surface area contributed by atoms with E-state index in [0.29, 0.717) is 40.1 Å². The first kappa shape index (κ1) is 25.8. The molecule has 0 fully saturated rings. The van der Waals surface area contributed by atoms with E-state index in [4.69, 9.17) is 30.5 Å². The van der Waals surface area contributed by atoms with Crippen LogP contribution in [0.1, 0.15) is 6.42 Å². The lowest BCUT2D eigenvalue weighted by atomic mass is 10.1. The summed E-state index contributed by atoms with van der Waals surface area (Å²) in [7, 11) is 6.30. The fourth-order valence-electron chi connectivity index (χ4n) is 3.86. The Labute approximate surface area is 219 Å². The first-order valence-corrected chi connectivity index (χ1v) is 11.9. The minimum atomic E-state index is -0.145. The van der Waals surface area contributed by atoms with Crippen molar-refractivity contribution in [3.8, 4) is 51.5 Å². The normalized spacial score (nSPS) is 10.6. The zero-order valence-electron chi connectivity index (χ0n) is 20.9. The highest BCUT2D eigenvalue weighted by Gasteiger charge is 2.21. The molecule has 1 aromatic heterocycles. The van der Waals surface area contributed by atoms with Crippen LogP contribution in [0.3, 0.4) is 0 Å². The lowest BCUT2D eigenvalue weighted by Crippen LogP contribution is -2.11. The van der Waals surface area contributed by atoms with Gasteiger partial charge < -0.3 is 24.3 Å². The Morgan fingerprint density at radius 2 is 1.41 bits per heavy atom. The Bertz CT molecular complexity index is 1350. The number of methoxy groups -OCH3 is 4. The van der Waals surface area contributed by atoms with Crippen molar-refractivity contribution in [1.82, 2.24) is 14.8 Å². The third-order valence-corrected chi connectivity index (χ3v) is 5.85. The molecule has 0 unspecified atom stereocenters. The van der Waals surface area contributed by atoms with Crippen molar-refractivity contribution in [2.75, 3.05) is 39.6 Å². The summed E-state index contributed by atoms with van der Waals surface area (Å²) in [6.45, 7) is 0. The second kappa shape index (κ2) is 11.7. The maximum atomic E-state index is 11.9. The van der Waals surface area contributed by atoms with Crippen LogP contribution in [0.2, 0.25) is 0 Å². The van der Waals surface area contributed by atoms with Gasteiger partial charge >= 0.3 is 0 Å². The van der Waals surface area contributed by atoms with E-state index in [1.54, 1.807) is 28.4 Å². The molecule has 192 valence electrons. The van der Waals surface area contributed by atoms with Crippen LogP contribution >= 0.6 is 11.6 Å². The molecule has 0 aliphatic heterocycles. The van der Waals surface area contributed by atoms with Crippen molar-refractivity contribution < 1.29 is 23.7 Å². The third kappa shape index (κ3) is 5.46. The quantitative estimate of drug-likeness (QED) is 0.286. The minimum absolute atomic E-state index is 0.145. The molecule has 0 atom stereocenters. The fourth-order valence-corrected chi connectivity index (χ4v) is 4.03. The van der Waals surface area contributed by atoms with Gasteiger partial charge in [-0.1, -0.05) is 0 Å². The van der Waals surface area contributed by atoms with Crippen molar-refractivity contribution in [3.63, 3.8) is 0 Å². The molecule has 0 saturated carbocycles. The number of benzene rings is 3. The highest BCUT2D eigenvalue weighted by molar-refractivity contribution is 6.19. The molecular formula is C27H27ClN4O5. The Morgan fingerprint density at radius 1 is 0.811 bits per heavy atom. The van der Waals surface area contributed by atoms with Crippen LogP contribution < -0.4 is 24.3 Å². The molecule has 37 heavy (non-hydrogen) atoms. The van der Waals surface area contributed by atoms with Gasteiger partial charge in [-0.3, -0.25) is 9.36 Å². The number of amides is 1. The van der Waals surface area contributed by atoms with Crippen LogP contribution in [0, 0.1) is 0 Å². The van der Waals surface area contributed by atoms with E-state index >= 15 is 0 Å². The van der Waals surface area contributed by atoms with E-state index in [-0.39, 0.29) is 18.2 Å². The van der Waals surface area contributed by atoms with E-state index in [1.165, 1.54) is 0 Å². The zero-order chi connectivity index (χ0) is 26.4. The summed E-state index contributed by atoms with van der Waals surface area (Å²) in [5.41, 5.74) is 3.01. The van der Waals surface area contributed by atoms with E-state index in [9.17, 15) is 4.79 Å². The average Bonchev–Trinajstić information content (AvgIpc) is 3.38. The van der Waals surface area contributed by atoms with E-state index in [1.807, 2.05) is 65.2 Å². The van der Waals surface area contributed by atoms with Gasteiger partial charge in [-0.15, -0.1) is 21.8 Å². The molecule has 0 aliphatic rings. The number of hydrogen-bond acceptors (Lipinski definition) is 7. The summed E-state index contributed by atoms with van der Waals surface area (Å²) in [5.74, 6) is 3.50. The predicted molar refractivity (Wildman–Crippen MR) is 142 cm³/mol. The molecule has 0 bridgehead atoms. The molecule has 0 saturated heterocycles. The van der Waals surface area contributed by atoms with Gasteiger partial charge in [0.2, 0.25) is 11.7 Å². The standard InChI is InChI=1S/C27H27ClN4O5/c1-34-21-11-9-20(10-12-21)32-26(17-5-7-19(8-6-17)29-24(33)13-14-28)30-31-27(32)18-15-22(35-2)25(37-4)23(16-18)36-3/h5-12,15-16H,13-14H2,1-4H3,(H,29,33). The smallest absolute Gasteiger partial charge is 0.225 e. The highest BCUT2D eigenvalue weighted by Crippen LogP contribution is 2.42. The third-order valence-electron chi connectivity index (χ3n) is 5.67. The lowest BCUT2D eigenvalue weighted by molar-refractivity contribution is -0.115. The molecule has 4 aromatic rings. The van der Waals surface area contributed by atoms with Crippen molar-refractivity contribution in [1.29, 1.82) is 0 Å². The van der Waals surface area contributed by atoms with E-state index in [0.717, 1.165) is 17.0 Å². The fraction of sp³-hybridized carbons (Fsp3) is 0.222. The van der Waals surface area contributed by atoms with Crippen LogP contribution in [0.25, 0.3) is 28.5 Å². The van der Waals surface area contributed by atoms with Gasteiger partial charge in [-0.2, -0.15) is 0 Å². The van der Waals surface area contributed by atoms with E-state index in [2.05, 4.69) is 15.5 Å². The van der Waals surface area contributed by atoms with E-state index < -0.39 is 0 Å². The number of anilines is 1. The zero-order valence-corrected chi connectivity index (χ0v) is 21.7. The van der Waals surface area contributed by atoms with Gasteiger partial charge in [0.25, 0.3) is 0 Å². The van der Waals surface area contributed by atoms with Crippen LogP contribution in [0.4, 0.5) is 5.69 Å². The summed E-state index contributed by atoms with van der Waals surface area (Å²) in [5, 5.41) is 11.9. The number of hydrogen-bond donors (Lipinski definition) is 1. The number of nitrogens with one attached hydrogen (secondary N) is 1. The summed E-state index contributed by atoms with van der Waals surface area (Å²) in [6.07, 6.45) is 0.243. The first-order valence-electron chi connectivity index (χ1n) is 11.4. The number of ether oxygens (including phenoxy) is 4. The number of aromatic nitrogens is 3. The van der Waals surface area contributed by atoms with Crippen LogP contribution in [0.15, 0.2) is 60.7 Å². The molecule has 0 aliphatic carbocycles. The highest BCUT2D eigenvalue weighted by atomic mass is 35.5. The largest absolute Gasteiger partial charge is 0.497 e. The molecule has 1 N–H and O–H groups in total. The molecule has 0 spiro atoms. The monoisotopic (exact) mass is 522 g/mol. The molecule has 4 rings (SSSR count). The van der Waals surface area contributed by atoms with Crippen LogP contribution in [-0.2, 0) is 4.79 Å².